The number of benzene rings is 1. The van der Waals surface area contributed by atoms with E-state index in [1.165, 1.54) is 0 Å². The summed E-state index contributed by atoms with van der Waals surface area (Å²) in [5.74, 6) is 1.21. The van der Waals surface area contributed by atoms with Crippen molar-refractivity contribution in [2.24, 2.45) is 11.7 Å². The minimum Gasteiger partial charge on any atom is -0.497 e. The van der Waals surface area contributed by atoms with Crippen LogP contribution in [0.15, 0.2) is 24.3 Å². The Kier molecular flexibility index (Phi) is 5.44. The number of hydrogen-bond donors (Lipinski definition) is 2. The van der Waals surface area contributed by atoms with Crippen molar-refractivity contribution in [3.8, 4) is 5.75 Å². The maximum Gasteiger partial charge on any atom is 0.119 e. The van der Waals surface area contributed by atoms with Gasteiger partial charge in [0.1, 0.15) is 5.75 Å². The highest BCUT2D eigenvalue weighted by Gasteiger charge is 2.32. The lowest BCUT2D eigenvalue weighted by molar-refractivity contribution is 0.121. The molecule has 0 aliphatic rings. The van der Waals surface area contributed by atoms with Crippen LogP contribution in [0.25, 0.3) is 0 Å². The van der Waals surface area contributed by atoms with Gasteiger partial charge in [-0.3, -0.25) is 0 Å². The van der Waals surface area contributed by atoms with Gasteiger partial charge < -0.3 is 20.5 Å². The summed E-state index contributed by atoms with van der Waals surface area (Å²) in [7, 11) is 3.36. The van der Waals surface area contributed by atoms with E-state index < -0.39 is 0 Å². The molecular weight excluding hydrogens is 228 g/mol. The van der Waals surface area contributed by atoms with Crippen molar-refractivity contribution >= 4 is 5.69 Å². The third kappa shape index (κ3) is 3.37. The first-order valence-corrected chi connectivity index (χ1v) is 6.19. The highest BCUT2D eigenvalue weighted by Crippen LogP contribution is 2.24. The van der Waals surface area contributed by atoms with Crippen molar-refractivity contribution in [1.29, 1.82) is 0 Å². The lowest BCUT2D eigenvalue weighted by Crippen LogP contribution is -2.53. The van der Waals surface area contributed by atoms with Gasteiger partial charge in [0, 0.05) is 19.3 Å². The molecule has 0 amide bonds. The normalized spacial score (nSPS) is 14.3. The summed E-state index contributed by atoms with van der Waals surface area (Å²) in [5, 5.41) is 3.49. The Bertz CT molecular complexity index is 351. The van der Waals surface area contributed by atoms with Crippen molar-refractivity contribution in [3.63, 3.8) is 0 Å². The number of hydrogen-bond acceptors (Lipinski definition) is 4. The second kappa shape index (κ2) is 6.61. The molecule has 1 aromatic rings. The zero-order valence-corrected chi connectivity index (χ0v) is 11.7. The molecule has 4 heteroatoms. The van der Waals surface area contributed by atoms with Crippen LogP contribution in [-0.2, 0) is 4.74 Å². The average molecular weight is 252 g/mol. The number of nitrogens with two attached hydrogens (primary N) is 1. The maximum atomic E-state index is 5.93. The molecule has 0 heterocycles. The van der Waals surface area contributed by atoms with Gasteiger partial charge in [-0.05, 0) is 30.2 Å². The van der Waals surface area contributed by atoms with Gasteiger partial charge in [-0.2, -0.15) is 0 Å². The van der Waals surface area contributed by atoms with Gasteiger partial charge in [0.2, 0.25) is 0 Å². The molecule has 0 aromatic heterocycles. The Labute approximate surface area is 109 Å². The van der Waals surface area contributed by atoms with Gasteiger partial charge in [-0.15, -0.1) is 0 Å². The summed E-state index contributed by atoms with van der Waals surface area (Å²) in [6, 6.07) is 7.83. The molecule has 0 fully saturated rings. The van der Waals surface area contributed by atoms with E-state index in [0.717, 1.165) is 11.4 Å². The fourth-order valence-corrected chi connectivity index (χ4v) is 1.91. The zero-order valence-electron chi connectivity index (χ0n) is 11.7. The molecule has 3 N–H and O–H groups in total. The predicted octanol–water partition coefficient (Wildman–Crippen LogP) is 2.11. The number of methoxy groups -OCH3 is 2. The van der Waals surface area contributed by atoms with Crippen LogP contribution < -0.4 is 15.8 Å². The van der Waals surface area contributed by atoms with Gasteiger partial charge in [0.15, 0.2) is 0 Å². The predicted molar refractivity (Wildman–Crippen MR) is 75.1 cm³/mol. The Balaban J connectivity index is 2.87. The van der Waals surface area contributed by atoms with Crippen LogP contribution in [0.3, 0.4) is 0 Å². The minimum atomic E-state index is -0.247. The van der Waals surface area contributed by atoms with Crippen molar-refractivity contribution in [2.75, 3.05) is 32.7 Å². The molecule has 0 radical (unpaired) electrons. The fourth-order valence-electron chi connectivity index (χ4n) is 1.91. The van der Waals surface area contributed by atoms with Crippen molar-refractivity contribution in [3.05, 3.63) is 24.3 Å². The number of anilines is 1. The lowest BCUT2D eigenvalue weighted by Gasteiger charge is -2.37. The van der Waals surface area contributed by atoms with Crippen molar-refractivity contribution < 1.29 is 9.47 Å². The van der Waals surface area contributed by atoms with Crippen LogP contribution in [-0.4, -0.2) is 32.9 Å². The number of ether oxygens (including phenoxy) is 2. The molecule has 18 heavy (non-hydrogen) atoms. The molecule has 1 atom stereocenters. The number of nitrogens with one attached hydrogen (secondary N) is 1. The molecule has 0 aliphatic carbocycles. The quantitative estimate of drug-likeness (QED) is 0.780. The van der Waals surface area contributed by atoms with E-state index in [1.54, 1.807) is 14.2 Å². The summed E-state index contributed by atoms with van der Waals surface area (Å²) in [6.45, 7) is 5.38. The van der Waals surface area contributed by atoms with E-state index >= 15 is 0 Å². The SMILES string of the molecule is COCC(CN)(Nc1ccc(OC)cc1)C(C)C. The summed E-state index contributed by atoms with van der Waals surface area (Å²) < 4.78 is 10.5. The van der Waals surface area contributed by atoms with Crippen LogP contribution in [0, 0.1) is 5.92 Å². The summed E-state index contributed by atoms with van der Waals surface area (Å²) in [5.41, 5.74) is 6.71. The van der Waals surface area contributed by atoms with Crippen LogP contribution in [0.1, 0.15) is 13.8 Å². The molecule has 0 saturated heterocycles. The first-order chi connectivity index (χ1) is 8.57. The van der Waals surface area contributed by atoms with E-state index in [9.17, 15) is 0 Å². The third-order valence-corrected chi connectivity index (χ3v) is 3.35. The Morgan fingerprint density at radius 3 is 2.22 bits per heavy atom. The van der Waals surface area contributed by atoms with E-state index in [1.807, 2.05) is 24.3 Å². The highest BCUT2D eigenvalue weighted by atomic mass is 16.5. The van der Waals surface area contributed by atoms with Crippen LogP contribution in [0.2, 0.25) is 0 Å². The van der Waals surface area contributed by atoms with Crippen LogP contribution in [0.5, 0.6) is 5.75 Å². The molecule has 4 nitrogen and oxygen atoms in total. The van der Waals surface area contributed by atoms with E-state index in [-0.39, 0.29) is 5.54 Å². The molecule has 1 aromatic carbocycles. The smallest absolute Gasteiger partial charge is 0.119 e. The lowest BCUT2D eigenvalue weighted by atomic mass is 9.86. The second-order valence-electron chi connectivity index (χ2n) is 4.80. The first kappa shape index (κ1) is 14.8. The van der Waals surface area contributed by atoms with Gasteiger partial charge in [0.05, 0.1) is 19.3 Å². The Hall–Kier alpha value is -1.26. The largest absolute Gasteiger partial charge is 0.497 e. The number of rotatable bonds is 7. The standard InChI is InChI=1S/C14H24N2O2/c1-11(2)14(9-15,10-17-3)16-12-5-7-13(18-4)8-6-12/h5-8,11,16H,9-10,15H2,1-4H3. The van der Waals surface area contributed by atoms with Crippen molar-refractivity contribution in [2.45, 2.75) is 19.4 Å². The van der Waals surface area contributed by atoms with Gasteiger partial charge >= 0.3 is 0 Å². The minimum absolute atomic E-state index is 0.247. The maximum absolute atomic E-state index is 5.93. The second-order valence-corrected chi connectivity index (χ2v) is 4.80. The molecule has 0 aliphatic heterocycles. The van der Waals surface area contributed by atoms with Gasteiger partial charge in [-0.1, -0.05) is 13.8 Å². The van der Waals surface area contributed by atoms with Gasteiger partial charge in [0.25, 0.3) is 0 Å². The topological polar surface area (TPSA) is 56.5 Å². The van der Waals surface area contributed by atoms with Gasteiger partial charge in [-0.25, -0.2) is 0 Å². The summed E-state index contributed by atoms with van der Waals surface area (Å²) in [6.07, 6.45) is 0. The van der Waals surface area contributed by atoms with E-state index in [4.69, 9.17) is 15.2 Å². The van der Waals surface area contributed by atoms with Crippen LogP contribution >= 0.6 is 0 Å². The molecule has 1 rings (SSSR count). The average Bonchev–Trinajstić information content (AvgIpc) is 2.38. The van der Waals surface area contributed by atoms with Crippen molar-refractivity contribution in [1.82, 2.24) is 0 Å². The Morgan fingerprint density at radius 2 is 1.83 bits per heavy atom. The molecule has 1 unspecified atom stereocenters. The summed E-state index contributed by atoms with van der Waals surface area (Å²) >= 11 is 0. The fraction of sp³-hybridized carbons (Fsp3) is 0.571. The summed E-state index contributed by atoms with van der Waals surface area (Å²) in [4.78, 5) is 0. The van der Waals surface area contributed by atoms with E-state index in [2.05, 4.69) is 19.2 Å². The molecular formula is C14H24N2O2. The highest BCUT2D eigenvalue weighted by molar-refractivity contribution is 5.48. The first-order valence-electron chi connectivity index (χ1n) is 6.19. The molecule has 102 valence electrons. The monoisotopic (exact) mass is 252 g/mol. The Morgan fingerprint density at radius 1 is 1.22 bits per heavy atom. The van der Waals surface area contributed by atoms with E-state index in [0.29, 0.717) is 19.1 Å². The molecule has 0 saturated carbocycles. The molecule has 0 spiro atoms. The zero-order chi connectivity index (χ0) is 13.6. The molecule has 0 bridgehead atoms. The van der Waals surface area contributed by atoms with Crippen LogP contribution in [0.4, 0.5) is 5.69 Å². The third-order valence-electron chi connectivity index (χ3n) is 3.35.